The molecular weight excluding hydrogens is 1730 g/mol. The quantitative estimate of drug-likeness (QED) is 0.0234. The zero-order valence-electron chi connectivity index (χ0n) is 72.8. The fourth-order valence-corrected chi connectivity index (χ4v) is 13.5. The predicted molar refractivity (Wildman–Crippen MR) is 460 cm³/mol. The summed E-state index contributed by atoms with van der Waals surface area (Å²) in [4.78, 5) is 270. The van der Waals surface area contributed by atoms with Crippen LogP contribution in [0.15, 0.2) is 78.9 Å². The third-order valence-electron chi connectivity index (χ3n) is 20.1. The van der Waals surface area contributed by atoms with Crippen molar-refractivity contribution in [3.05, 3.63) is 95.6 Å². The summed E-state index contributed by atoms with van der Waals surface area (Å²) in [5, 5.41) is 127. The minimum atomic E-state index is -2.23. The molecule has 716 valence electrons. The van der Waals surface area contributed by atoms with Crippen molar-refractivity contribution in [3.8, 4) is 11.5 Å². The number of hydrogen-bond donors (Lipinski definition) is 25. The van der Waals surface area contributed by atoms with Crippen LogP contribution in [0, 0.1) is 11.8 Å². The van der Waals surface area contributed by atoms with Crippen LogP contribution in [0.5, 0.6) is 11.5 Å². The molecule has 47 heteroatoms. The van der Waals surface area contributed by atoms with Gasteiger partial charge in [0.05, 0.1) is 50.6 Å². The van der Waals surface area contributed by atoms with E-state index in [-0.39, 0.29) is 61.1 Å². The van der Waals surface area contributed by atoms with Crippen molar-refractivity contribution < 1.29 is 142 Å². The zero-order valence-corrected chi connectivity index (χ0v) is 73.6. The molecule has 1 heterocycles. The molecule has 0 radical (unpaired) electrons. The van der Waals surface area contributed by atoms with Crippen molar-refractivity contribution in [1.29, 1.82) is 0 Å². The maximum atomic E-state index is 14.7. The number of unbranched alkanes of at least 4 members (excludes halogenated alkanes) is 1. The number of thioether (sulfide) groups is 1. The van der Waals surface area contributed by atoms with Gasteiger partial charge in [-0.2, -0.15) is 0 Å². The first-order valence-corrected chi connectivity index (χ1v) is 42.8. The van der Waals surface area contributed by atoms with E-state index in [2.05, 4.69) is 79.8 Å². The molecule has 130 heavy (non-hydrogen) atoms. The van der Waals surface area contributed by atoms with Crippen molar-refractivity contribution in [2.45, 2.75) is 229 Å². The van der Waals surface area contributed by atoms with Crippen molar-refractivity contribution in [3.63, 3.8) is 0 Å². The number of aliphatic hydroxyl groups is 4. The van der Waals surface area contributed by atoms with Crippen LogP contribution in [-0.4, -0.2) is 304 Å². The molecule has 1 aliphatic rings. The Kier molecular flexibility index (Phi) is 46.8. The average Bonchev–Trinajstić information content (AvgIpc) is 0.848. The number of aliphatic carboxylic acids is 3. The second-order valence-electron chi connectivity index (χ2n) is 31.4. The summed E-state index contributed by atoms with van der Waals surface area (Å²) in [6.07, 6.45) is -7.49. The lowest BCUT2D eigenvalue weighted by Crippen LogP contribution is -2.63. The maximum absolute atomic E-state index is 14.7. The molecule has 3 aromatic rings. The van der Waals surface area contributed by atoms with Gasteiger partial charge in [-0.3, -0.25) is 101 Å². The Morgan fingerprint density at radius 2 is 0.823 bits per heavy atom. The van der Waals surface area contributed by atoms with Crippen LogP contribution in [0.4, 0.5) is 4.79 Å². The number of nitrogens with one attached hydrogen (secondary N) is 15. The monoisotopic (exact) mass is 1850 g/mol. The number of carboxylic acids is 3. The standard InChI is InChI=1S/C83H119N17O29S/c1-8-43(4)68(80(126)93-55(35-49-19-23-51(106)24-20-49)74(120)89-53(32-42(2)3)73(119)91-57(36-66(113)114)72(118)87-44(5)14-12-13-29-84)98-79(125)60(40-102)95-75(121)54(34-48-17-21-50(105)22-18-48)90-76(122)58(37-67(115)116)92-78(124)59(39-101)96-82(128)70(46(7)104)99-77(123)56(33-47-15-10-9-11-16-47)94-81(127)69(45(6)103)97-63(109)38-86-71(117)52(25-28-65(111)112)88-62(108)27-26-61(107)85-30-31-100-64(110)41-130-83(100)129/h9-11,15-24,42-46,52-60,68-70,101-106H,8,12-14,25-41,84H2,1-7H3,(H,85,107)(H,86,117)(H,87,118)(H,88,108)(H,89,120)(H,90,122)(H,91,119)(H,92,124)(H,93,126)(H,94,127)(H,95,121)(H,96,128)(H,97,109)(H,98,125)(H,99,123)(H,111,112)(H,113,114)(H,115,116)/t43-,44+,45+,46+,52-,53-,54-,55-,56-,57-,58-,59-,60-,68-,69-,70-/m0/s1. The number of nitrogens with zero attached hydrogens (tertiary/aromatic N) is 1. The number of phenols is 2. The molecule has 0 aromatic heterocycles. The van der Waals surface area contributed by atoms with Crippen molar-refractivity contribution in [2.24, 2.45) is 17.6 Å². The number of rotatable bonds is 58. The molecule has 1 fully saturated rings. The number of carbonyl (C=O) groups excluding carboxylic acids is 17. The highest BCUT2D eigenvalue weighted by Gasteiger charge is 2.41. The van der Waals surface area contributed by atoms with E-state index in [4.69, 9.17) is 5.73 Å². The highest BCUT2D eigenvalue weighted by Crippen LogP contribution is 2.20. The molecule has 26 N–H and O–H groups in total. The molecule has 1 saturated heterocycles. The number of imide groups is 1. The van der Waals surface area contributed by atoms with Gasteiger partial charge in [-0.15, -0.1) is 0 Å². The summed E-state index contributed by atoms with van der Waals surface area (Å²) < 4.78 is 0. The molecule has 0 unspecified atom stereocenters. The number of benzene rings is 3. The van der Waals surface area contributed by atoms with Gasteiger partial charge in [-0.1, -0.05) is 107 Å². The minimum Gasteiger partial charge on any atom is -0.508 e. The Morgan fingerprint density at radius 3 is 1.28 bits per heavy atom. The van der Waals surface area contributed by atoms with Crippen LogP contribution in [0.2, 0.25) is 0 Å². The van der Waals surface area contributed by atoms with E-state index in [0.717, 1.165) is 30.5 Å². The number of carboxylic acid groups (broad SMARTS) is 3. The van der Waals surface area contributed by atoms with E-state index in [0.29, 0.717) is 36.9 Å². The summed E-state index contributed by atoms with van der Waals surface area (Å²) in [6.45, 7) is 6.85. The summed E-state index contributed by atoms with van der Waals surface area (Å²) in [7, 11) is 0. The third-order valence-corrected chi connectivity index (χ3v) is 21.0. The van der Waals surface area contributed by atoms with Gasteiger partial charge in [-0.05, 0) is 106 Å². The van der Waals surface area contributed by atoms with Gasteiger partial charge in [0, 0.05) is 57.7 Å². The van der Waals surface area contributed by atoms with E-state index in [1.54, 1.807) is 45.9 Å². The summed E-state index contributed by atoms with van der Waals surface area (Å²) in [5.41, 5.74) is 6.47. The molecule has 17 amide bonds. The molecule has 0 aliphatic carbocycles. The van der Waals surface area contributed by atoms with Gasteiger partial charge in [0.15, 0.2) is 0 Å². The first-order valence-electron chi connectivity index (χ1n) is 41.8. The number of nitrogens with two attached hydrogens (primary N) is 1. The van der Waals surface area contributed by atoms with Gasteiger partial charge in [-0.25, -0.2) is 0 Å². The molecule has 3 aromatic carbocycles. The Bertz CT molecular complexity index is 4400. The summed E-state index contributed by atoms with van der Waals surface area (Å²) in [6, 6.07) is -4.48. The molecule has 0 bridgehead atoms. The van der Waals surface area contributed by atoms with Gasteiger partial charge in [0.25, 0.3) is 5.24 Å². The first kappa shape index (κ1) is 109. The smallest absolute Gasteiger partial charge is 0.305 e. The van der Waals surface area contributed by atoms with Crippen LogP contribution in [-0.2, 0) is 110 Å². The Hall–Kier alpha value is -13.0. The molecule has 0 spiro atoms. The van der Waals surface area contributed by atoms with Gasteiger partial charge in [0.1, 0.15) is 84.0 Å². The average molecular weight is 1850 g/mol. The number of aromatic hydroxyl groups is 2. The van der Waals surface area contributed by atoms with Crippen LogP contribution < -0.4 is 85.5 Å². The van der Waals surface area contributed by atoms with Crippen molar-refractivity contribution in [2.75, 3.05) is 45.1 Å². The summed E-state index contributed by atoms with van der Waals surface area (Å²) in [5.74, 6) is -23.8. The number of phenolic OH excluding ortho intramolecular Hbond substituents is 2. The maximum Gasteiger partial charge on any atom is 0.305 e. The molecular formula is C83H119N17O29S. The van der Waals surface area contributed by atoms with Gasteiger partial charge >= 0.3 is 17.9 Å². The van der Waals surface area contributed by atoms with Crippen molar-refractivity contribution in [1.82, 2.24) is 84.7 Å². The van der Waals surface area contributed by atoms with E-state index in [1.807, 2.05) is 0 Å². The number of amides is 17. The molecule has 16 atom stereocenters. The van der Waals surface area contributed by atoms with Crippen LogP contribution in [0.25, 0.3) is 0 Å². The van der Waals surface area contributed by atoms with E-state index in [9.17, 15) is 142 Å². The van der Waals surface area contributed by atoms with Crippen molar-refractivity contribution >= 4 is 129 Å². The SMILES string of the molecule is CC[C@H](C)[C@H](NC(=O)[C@H](CO)NC(=O)[C@H](Cc1ccc(O)cc1)NC(=O)[C@H](CC(=O)O)NC(=O)[C@H](CO)NC(=O)[C@@H](NC(=O)[C@H](Cc1ccccc1)NC(=O)[C@@H](NC(=O)CNC(=O)[C@H](CCC(=O)O)NC(=O)CCC(=O)NCCN1C(=O)CSC1=O)[C@@H](C)O)[C@@H](C)O)C(=O)N[C@@H](Cc1ccc(O)cc1)C(=O)N[C@@H](CC(C)C)C(=O)N[C@@H](CC(=O)O)C(=O)N[C@H](C)CCCCN. The predicted octanol–water partition coefficient (Wildman–Crippen LogP) is -6.06. The van der Waals surface area contributed by atoms with Crippen LogP contribution in [0.1, 0.15) is 136 Å². The lowest BCUT2D eigenvalue weighted by Gasteiger charge is -2.30. The molecule has 1 aliphatic heterocycles. The topological polar surface area (TPSA) is 733 Å². The Labute approximate surface area is 751 Å². The molecule has 46 nitrogen and oxygen atoms in total. The second-order valence-corrected chi connectivity index (χ2v) is 32.3. The Balaban J connectivity index is 1.53. The lowest BCUT2D eigenvalue weighted by molar-refractivity contribution is -0.142. The first-order chi connectivity index (χ1) is 61.4. The van der Waals surface area contributed by atoms with Crippen LogP contribution in [0.3, 0.4) is 0 Å². The van der Waals surface area contributed by atoms with E-state index < -0.39 is 285 Å². The number of hydrogen-bond acceptors (Lipinski definition) is 28. The minimum absolute atomic E-state index is 0.0518. The number of aliphatic hydroxyl groups excluding tert-OH is 4. The largest absolute Gasteiger partial charge is 0.508 e. The normalized spacial score (nSPS) is 15.5. The van der Waals surface area contributed by atoms with E-state index in [1.165, 1.54) is 67.6 Å². The van der Waals surface area contributed by atoms with E-state index >= 15 is 0 Å². The number of carbonyl (C=O) groups is 20. The molecule has 0 saturated carbocycles. The van der Waals surface area contributed by atoms with Crippen LogP contribution >= 0.6 is 11.8 Å². The second kappa shape index (κ2) is 55.7. The van der Waals surface area contributed by atoms with Gasteiger partial charge < -0.3 is 131 Å². The highest BCUT2D eigenvalue weighted by molar-refractivity contribution is 8.14. The Morgan fingerprint density at radius 1 is 0.415 bits per heavy atom. The third kappa shape index (κ3) is 38.9. The summed E-state index contributed by atoms with van der Waals surface area (Å²) >= 11 is 0.791. The van der Waals surface area contributed by atoms with Gasteiger partial charge in [0.2, 0.25) is 94.5 Å². The zero-order chi connectivity index (χ0) is 97.2. The lowest BCUT2D eigenvalue weighted by atomic mass is 9.96. The molecule has 4 rings (SSSR count). The highest BCUT2D eigenvalue weighted by atomic mass is 32.2. The fraction of sp³-hybridized carbons (Fsp3) is 0.542. The fourth-order valence-electron chi connectivity index (χ4n) is 12.8.